The Kier molecular flexibility index (Phi) is 20.3. The number of unbranched alkanes of at least 4 members (excludes halogenated alkanes) is 14. The van der Waals surface area contributed by atoms with Crippen LogP contribution in [0.1, 0.15) is 117 Å². The minimum atomic E-state index is -4.41. The second-order valence-corrected chi connectivity index (χ2v) is 10.2. The molecule has 0 aromatic rings. The molecule has 7 heteroatoms. The minimum Gasteiger partial charge on any atom is -0.726 e. The fourth-order valence-corrected chi connectivity index (χ4v) is 4.50. The molecule has 0 spiro atoms. The van der Waals surface area contributed by atoms with Gasteiger partial charge >= 0.3 is 0 Å². The first-order valence-electron chi connectivity index (χ1n) is 12.9. The monoisotopic (exact) mass is 464 g/mol. The second-order valence-electron chi connectivity index (χ2n) is 9.07. The van der Waals surface area contributed by atoms with Crippen LogP contribution in [0.5, 0.6) is 0 Å². The van der Waals surface area contributed by atoms with Crippen LogP contribution in [0.15, 0.2) is 0 Å². The van der Waals surface area contributed by atoms with Gasteiger partial charge in [-0.1, -0.05) is 96.8 Å². The average Bonchev–Trinajstić information content (AvgIpc) is 3.10. The van der Waals surface area contributed by atoms with Crippen molar-refractivity contribution in [2.24, 2.45) is 0 Å². The summed E-state index contributed by atoms with van der Waals surface area (Å²) in [5.74, 6) is 0. The molecule has 2 atom stereocenters. The molecular formula is C24H52N2O4S. The molecule has 0 amide bonds. The van der Waals surface area contributed by atoms with Crippen molar-refractivity contribution < 1.29 is 22.1 Å². The van der Waals surface area contributed by atoms with Gasteiger partial charge in [0, 0.05) is 6.42 Å². The molecular weight excluding hydrogens is 412 g/mol. The van der Waals surface area contributed by atoms with Crippen LogP contribution in [0.25, 0.3) is 0 Å². The molecule has 1 aliphatic heterocycles. The minimum absolute atomic E-state index is 0.808. The quantitative estimate of drug-likeness (QED) is 0.183. The smallest absolute Gasteiger partial charge is 0.217 e. The molecule has 2 unspecified atom stereocenters. The number of nitrogens with zero attached hydrogens (tertiary/aromatic N) is 1. The fraction of sp³-hybridized carbons (Fsp3) is 1.00. The van der Waals surface area contributed by atoms with Crippen LogP contribution in [0, 0.1) is 0 Å². The van der Waals surface area contributed by atoms with E-state index >= 15 is 0 Å². The molecule has 1 rings (SSSR count). The van der Waals surface area contributed by atoms with E-state index in [1.807, 2.05) is 4.90 Å². The summed E-state index contributed by atoms with van der Waals surface area (Å²) in [6, 6.07) is 0. The molecule has 0 aromatic carbocycles. The van der Waals surface area contributed by atoms with Gasteiger partial charge in [-0.2, -0.15) is 0 Å². The van der Waals surface area contributed by atoms with Crippen molar-refractivity contribution in [3.05, 3.63) is 0 Å². The van der Waals surface area contributed by atoms with Gasteiger partial charge in [-0.25, -0.2) is 8.42 Å². The van der Waals surface area contributed by atoms with E-state index in [1.165, 1.54) is 122 Å². The van der Waals surface area contributed by atoms with Crippen LogP contribution in [0.2, 0.25) is 0 Å². The molecule has 0 bridgehead atoms. The molecule has 1 aliphatic rings. The Morgan fingerprint density at radius 3 is 1.58 bits per heavy atom. The zero-order valence-corrected chi connectivity index (χ0v) is 21.8. The maximum absolute atomic E-state index is 9.22. The van der Waals surface area contributed by atoms with Crippen LogP contribution >= 0.6 is 0 Å². The van der Waals surface area contributed by atoms with Crippen molar-refractivity contribution in [2.45, 2.75) is 123 Å². The van der Waals surface area contributed by atoms with Crippen molar-refractivity contribution in [2.75, 3.05) is 33.8 Å². The van der Waals surface area contributed by atoms with Crippen LogP contribution in [-0.4, -0.2) is 57.8 Å². The van der Waals surface area contributed by atoms with Gasteiger partial charge in [0.05, 0.1) is 26.7 Å². The summed E-state index contributed by atoms with van der Waals surface area (Å²) in [5.41, 5.74) is 0. The highest BCUT2D eigenvalue weighted by Crippen LogP contribution is 2.14. The lowest BCUT2D eigenvalue weighted by atomic mass is 10.0. The highest BCUT2D eigenvalue weighted by Gasteiger charge is 2.30. The van der Waals surface area contributed by atoms with Gasteiger partial charge in [0.2, 0.25) is 10.4 Å². The lowest BCUT2D eigenvalue weighted by Crippen LogP contribution is -3.14. The Labute approximate surface area is 194 Å². The van der Waals surface area contributed by atoms with Gasteiger partial charge in [0.1, 0.15) is 6.17 Å². The van der Waals surface area contributed by atoms with Crippen molar-refractivity contribution in [3.63, 3.8) is 0 Å². The first kappa shape index (κ1) is 30.8. The second kappa shape index (κ2) is 20.4. The van der Waals surface area contributed by atoms with Crippen LogP contribution in [0.3, 0.4) is 0 Å². The van der Waals surface area contributed by atoms with E-state index in [2.05, 4.69) is 30.0 Å². The Morgan fingerprint density at radius 1 is 0.839 bits per heavy atom. The first-order valence-corrected chi connectivity index (χ1v) is 14.2. The molecule has 0 saturated carbocycles. The summed E-state index contributed by atoms with van der Waals surface area (Å²) in [5, 5.41) is 0. The maximum Gasteiger partial charge on any atom is 0.217 e. The topological polar surface area (TPSA) is 74.1 Å². The lowest BCUT2D eigenvalue weighted by molar-refractivity contribution is -0.916. The molecule has 1 fully saturated rings. The molecule has 188 valence electrons. The Morgan fingerprint density at radius 2 is 1.23 bits per heavy atom. The highest BCUT2D eigenvalue weighted by atomic mass is 32.3. The van der Waals surface area contributed by atoms with Gasteiger partial charge in [-0.15, -0.1) is 0 Å². The van der Waals surface area contributed by atoms with Gasteiger partial charge in [-0.05, 0) is 20.4 Å². The zero-order chi connectivity index (χ0) is 23.4. The van der Waals surface area contributed by atoms with Gasteiger partial charge in [-0.3, -0.25) is 9.08 Å². The summed E-state index contributed by atoms with van der Waals surface area (Å²) in [7, 11) is -1.29. The van der Waals surface area contributed by atoms with E-state index in [0.717, 1.165) is 13.3 Å². The third kappa shape index (κ3) is 19.0. The zero-order valence-electron chi connectivity index (χ0n) is 21.0. The molecule has 1 heterocycles. The van der Waals surface area contributed by atoms with E-state index in [1.54, 1.807) is 0 Å². The van der Waals surface area contributed by atoms with Crippen molar-refractivity contribution in [3.8, 4) is 0 Å². The molecule has 6 nitrogen and oxygen atoms in total. The number of hydrogen-bond acceptors (Lipinski definition) is 5. The lowest BCUT2D eigenvalue weighted by Gasteiger charge is -2.23. The Hall–Kier alpha value is -0.210. The average molecular weight is 465 g/mol. The van der Waals surface area contributed by atoms with Gasteiger partial charge < -0.3 is 9.45 Å². The molecule has 0 aromatic heterocycles. The molecule has 1 N–H and O–H groups in total. The van der Waals surface area contributed by atoms with Crippen LogP contribution in [-0.2, 0) is 14.6 Å². The third-order valence-corrected chi connectivity index (χ3v) is 6.94. The fourth-order valence-electron chi connectivity index (χ4n) is 4.50. The van der Waals surface area contributed by atoms with Crippen LogP contribution < -0.4 is 4.90 Å². The van der Waals surface area contributed by atoms with Crippen LogP contribution in [0.4, 0.5) is 0 Å². The number of likely N-dealkylation sites (N-methyl/N-ethyl adjacent to an activating group) is 2. The highest BCUT2D eigenvalue weighted by molar-refractivity contribution is 7.80. The Balaban J connectivity index is 0.00000131. The van der Waals surface area contributed by atoms with Gasteiger partial charge in [0.15, 0.2) is 0 Å². The summed E-state index contributed by atoms with van der Waals surface area (Å²) >= 11 is 0. The van der Waals surface area contributed by atoms with Crippen molar-refractivity contribution in [1.82, 2.24) is 4.90 Å². The van der Waals surface area contributed by atoms with Gasteiger partial charge in [0.25, 0.3) is 0 Å². The number of rotatable bonds is 18. The SMILES string of the molecule is CCCCCCCCCCCCCCCCCC1N(C)CC[NH+]1CC.COS(=O)(=O)[O-]. The van der Waals surface area contributed by atoms with E-state index < -0.39 is 10.4 Å². The summed E-state index contributed by atoms with van der Waals surface area (Å²) < 4.78 is 31.0. The van der Waals surface area contributed by atoms with E-state index in [4.69, 9.17) is 0 Å². The molecule has 1 saturated heterocycles. The molecule has 0 radical (unpaired) electrons. The predicted molar refractivity (Wildman–Crippen MR) is 129 cm³/mol. The Bertz CT molecular complexity index is 488. The largest absolute Gasteiger partial charge is 0.726 e. The van der Waals surface area contributed by atoms with E-state index in [9.17, 15) is 13.0 Å². The number of hydrogen-bond donors (Lipinski definition) is 1. The summed E-state index contributed by atoms with van der Waals surface area (Å²) in [6.45, 7) is 8.60. The molecule has 0 aliphatic carbocycles. The summed E-state index contributed by atoms with van der Waals surface area (Å²) in [4.78, 5) is 4.40. The maximum atomic E-state index is 9.22. The van der Waals surface area contributed by atoms with Crippen molar-refractivity contribution in [1.29, 1.82) is 0 Å². The predicted octanol–water partition coefficient (Wildman–Crippen LogP) is 4.52. The number of nitrogens with one attached hydrogen (secondary N) is 1. The summed E-state index contributed by atoms with van der Waals surface area (Å²) in [6.07, 6.45) is 24.2. The molecule has 31 heavy (non-hydrogen) atoms. The van der Waals surface area contributed by atoms with E-state index in [0.29, 0.717) is 0 Å². The third-order valence-electron chi connectivity index (χ3n) is 6.53. The van der Waals surface area contributed by atoms with E-state index in [-0.39, 0.29) is 0 Å². The standard InChI is InChI=1S/C23H48N2.CH4O4S/c1-4-6-7-8-9-10-11-12-13-14-15-16-17-18-19-20-23-24(3)21-22-25(23)5-2;1-5-6(2,3)4/h23H,4-22H2,1-3H3;1H3,(H,2,3,4). The number of quaternary nitrogens is 1. The first-order chi connectivity index (χ1) is 14.9. The normalized spacial score (nSPS) is 19.4. The van der Waals surface area contributed by atoms with Crippen molar-refractivity contribution >= 4 is 10.4 Å².